The molecule has 13 heteroatoms. The number of Topliss-reactive ketones (excluding diaryl/α,β-unsaturated/α-hetero) is 1. The molecule has 0 amide bonds. The summed E-state index contributed by atoms with van der Waals surface area (Å²) in [6, 6.07) is 5.73. The number of aliphatic hydroxyl groups excluding tert-OH is 1. The summed E-state index contributed by atoms with van der Waals surface area (Å²) in [7, 11) is 1.60. The number of hydrogen-bond donors (Lipinski definition) is 2. The number of carbonyl (C=O) groups excluding carboxylic acids is 2. The maximum atomic E-state index is 13.7. The van der Waals surface area contributed by atoms with Gasteiger partial charge in [0, 0.05) is 34.3 Å². The Labute approximate surface area is 291 Å². The number of nitrogens with two attached hydrogens (primary N) is 1. The van der Waals surface area contributed by atoms with Crippen LogP contribution >= 0.6 is 0 Å². The molecule has 3 aromatic heterocycles. The van der Waals surface area contributed by atoms with E-state index in [9.17, 15) is 14.7 Å². The first-order valence-corrected chi connectivity index (χ1v) is 17.4. The molecule has 2 bridgehead atoms. The number of hydrogen-bond acceptors (Lipinski definition) is 11. The van der Waals surface area contributed by atoms with Crippen molar-refractivity contribution in [3.05, 3.63) is 55.3 Å². The molecule has 0 saturated heterocycles. The lowest BCUT2D eigenvalue weighted by atomic mass is 9.44. The van der Waals surface area contributed by atoms with Crippen molar-refractivity contribution in [2.24, 2.45) is 34.0 Å². The van der Waals surface area contributed by atoms with Crippen LogP contribution in [0.1, 0.15) is 65.4 Å². The fourth-order valence-corrected chi connectivity index (χ4v) is 9.57. The number of aliphatic hydroxyl groups is 1. The molecule has 0 aliphatic heterocycles. The Hall–Kier alpha value is -4.65. The Morgan fingerprint density at radius 2 is 2.00 bits per heavy atom. The number of benzene rings is 1. The molecular weight excluding hydrogens is 636 g/mol. The van der Waals surface area contributed by atoms with Crippen LogP contribution < -0.4 is 10.5 Å². The number of methoxy groups -OCH3 is 1. The van der Waals surface area contributed by atoms with Crippen molar-refractivity contribution in [3.8, 4) is 17.0 Å². The van der Waals surface area contributed by atoms with E-state index in [1.165, 1.54) is 11.0 Å². The smallest absolute Gasteiger partial charge is 0.328 e. The van der Waals surface area contributed by atoms with Gasteiger partial charge in [-0.05, 0) is 49.0 Å². The molecule has 3 N–H and O–H groups in total. The van der Waals surface area contributed by atoms with Gasteiger partial charge in [-0.25, -0.2) is 19.6 Å². The molecule has 3 saturated carbocycles. The number of esters is 1. The van der Waals surface area contributed by atoms with Crippen molar-refractivity contribution < 1.29 is 24.2 Å². The van der Waals surface area contributed by atoms with Crippen molar-refractivity contribution in [1.82, 2.24) is 34.5 Å². The van der Waals surface area contributed by atoms with E-state index in [0.29, 0.717) is 47.8 Å². The van der Waals surface area contributed by atoms with Gasteiger partial charge in [0.05, 0.1) is 32.3 Å². The Kier molecular flexibility index (Phi) is 8.31. The van der Waals surface area contributed by atoms with Crippen LogP contribution in [0, 0.1) is 34.0 Å². The highest BCUT2D eigenvalue weighted by atomic mass is 16.5. The summed E-state index contributed by atoms with van der Waals surface area (Å²) >= 11 is 0. The summed E-state index contributed by atoms with van der Waals surface area (Å²) < 4.78 is 15.5. The van der Waals surface area contributed by atoms with Gasteiger partial charge in [-0.15, -0.1) is 11.7 Å². The number of anilines is 1. The molecule has 3 aliphatic rings. The molecule has 0 spiro atoms. The third kappa shape index (κ3) is 5.19. The molecule has 50 heavy (non-hydrogen) atoms. The summed E-state index contributed by atoms with van der Waals surface area (Å²) in [6.07, 6.45) is 8.67. The van der Waals surface area contributed by atoms with Crippen LogP contribution in [0.3, 0.4) is 0 Å². The largest absolute Gasteiger partial charge is 0.496 e. The first-order chi connectivity index (χ1) is 23.8. The lowest BCUT2D eigenvalue weighted by Crippen LogP contribution is -2.63. The summed E-state index contributed by atoms with van der Waals surface area (Å²) in [6.45, 7) is 12.8. The summed E-state index contributed by atoms with van der Waals surface area (Å²) in [4.78, 5) is 40.1. The van der Waals surface area contributed by atoms with Crippen LogP contribution in [-0.2, 0) is 27.4 Å². The minimum Gasteiger partial charge on any atom is -0.496 e. The van der Waals surface area contributed by atoms with E-state index in [2.05, 4.69) is 52.6 Å². The fraction of sp³-hybridized carbons (Fsp3) is 0.541. The zero-order valence-electron chi connectivity index (χ0n) is 29.4. The Balaban J connectivity index is 1.11. The quantitative estimate of drug-likeness (QED) is 0.196. The van der Waals surface area contributed by atoms with Crippen LogP contribution in [0.25, 0.3) is 22.4 Å². The maximum Gasteiger partial charge on any atom is 0.328 e. The second-order valence-electron chi connectivity index (χ2n) is 15.2. The highest BCUT2D eigenvalue weighted by molar-refractivity contribution is 5.86. The van der Waals surface area contributed by atoms with Gasteiger partial charge in [-0.3, -0.25) is 9.59 Å². The van der Waals surface area contributed by atoms with Gasteiger partial charge < -0.3 is 24.9 Å². The van der Waals surface area contributed by atoms with Gasteiger partial charge in [0.15, 0.2) is 11.5 Å². The van der Waals surface area contributed by atoms with Gasteiger partial charge in [0.2, 0.25) is 0 Å². The van der Waals surface area contributed by atoms with E-state index in [4.69, 9.17) is 15.2 Å². The molecule has 3 aliphatic carbocycles. The number of ether oxygens (including phenoxy) is 2. The van der Waals surface area contributed by atoms with E-state index < -0.39 is 29.0 Å². The van der Waals surface area contributed by atoms with E-state index in [1.54, 1.807) is 25.7 Å². The SMILES string of the molecule is C=C[C@]1(C)C[C@@H](OC(=O)Cn2cc(-c3ccc(Cn4cnc5c(N)ncnc54)c(OC)c3)nn2)[C@]2(C)[C@H](C)CC[C@]3(CCC(=O)[C@H]32)[C@@H](C)[C@@H]1O. The first kappa shape index (κ1) is 33.8. The average Bonchev–Trinajstić information content (AvgIpc) is 3.84. The maximum absolute atomic E-state index is 13.7. The Morgan fingerprint density at radius 1 is 1.20 bits per heavy atom. The van der Waals surface area contributed by atoms with E-state index in [0.717, 1.165) is 30.4 Å². The highest BCUT2D eigenvalue weighted by Crippen LogP contribution is 2.68. The number of nitrogen functional groups attached to an aromatic ring is 1. The third-order valence-corrected chi connectivity index (χ3v) is 12.8. The minimum absolute atomic E-state index is 0.0913. The van der Waals surface area contributed by atoms with Crippen molar-refractivity contribution >= 4 is 28.7 Å². The number of nitrogens with zero attached hydrogens (tertiary/aromatic N) is 7. The molecule has 4 aromatic rings. The second-order valence-corrected chi connectivity index (χ2v) is 15.2. The molecule has 13 nitrogen and oxygen atoms in total. The summed E-state index contributed by atoms with van der Waals surface area (Å²) in [5.74, 6) is 0.476. The molecular formula is C37H46N8O5. The second kappa shape index (κ2) is 12.3. The van der Waals surface area contributed by atoms with Gasteiger partial charge in [0.25, 0.3) is 0 Å². The molecule has 3 fully saturated rings. The average molecular weight is 683 g/mol. The Bertz CT molecular complexity index is 1970. The topological polar surface area (TPSA) is 173 Å². The Morgan fingerprint density at radius 3 is 2.76 bits per heavy atom. The lowest BCUT2D eigenvalue weighted by Gasteiger charge is -2.61. The van der Waals surface area contributed by atoms with Crippen molar-refractivity contribution in [3.63, 3.8) is 0 Å². The number of fused-ring (bicyclic) bond motifs is 1. The predicted molar refractivity (Wildman–Crippen MR) is 185 cm³/mol. The molecule has 0 unspecified atom stereocenters. The van der Waals surface area contributed by atoms with Gasteiger partial charge in [-0.1, -0.05) is 51.1 Å². The zero-order chi connectivity index (χ0) is 35.6. The number of aromatic nitrogens is 7. The van der Waals surface area contributed by atoms with Gasteiger partial charge >= 0.3 is 5.97 Å². The third-order valence-electron chi connectivity index (χ3n) is 12.8. The number of ketones is 1. The highest BCUT2D eigenvalue weighted by Gasteiger charge is 2.68. The first-order valence-electron chi connectivity index (χ1n) is 17.4. The van der Waals surface area contributed by atoms with Crippen molar-refractivity contribution in [2.75, 3.05) is 12.8 Å². The number of carbonyl (C=O) groups is 2. The van der Waals surface area contributed by atoms with Gasteiger partial charge in [0.1, 0.15) is 41.7 Å². The van der Waals surface area contributed by atoms with Crippen LogP contribution in [-0.4, -0.2) is 70.7 Å². The van der Waals surface area contributed by atoms with Crippen molar-refractivity contribution in [2.45, 2.75) is 85.1 Å². The predicted octanol–water partition coefficient (Wildman–Crippen LogP) is 4.63. The van der Waals surface area contributed by atoms with Crippen LogP contribution in [0.5, 0.6) is 5.75 Å². The minimum atomic E-state index is -0.721. The van der Waals surface area contributed by atoms with Gasteiger partial charge in [-0.2, -0.15) is 0 Å². The zero-order valence-corrected chi connectivity index (χ0v) is 29.4. The summed E-state index contributed by atoms with van der Waals surface area (Å²) in [5, 5.41) is 20.4. The standard InChI is InChI=1S/C37H46N8O5/c1-7-35(4)15-28(36(5)21(2)10-12-37(22(3)32(35)48)13-11-26(46)31(36)37)50-29(47)18-45-17-25(42-43-45)23-8-9-24(27(14-23)49-6)16-44-20-41-30-33(38)39-19-40-34(30)44/h7-9,14,17,19-22,28,31-32,48H,1,10-13,15-16,18H2,2-6H3,(H2,38,39,40)/t21-,22+,28-,31+,32+,35-,36+,37+/m1/s1. The van der Waals surface area contributed by atoms with Crippen LogP contribution in [0.15, 0.2) is 49.7 Å². The fourth-order valence-electron chi connectivity index (χ4n) is 9.57. The molecule has 1 aromatic carbocycles. The monoisotopic (exact) mass is 682 g/mol. The van der Waals surface area contributed by atoms with Crippen LogP contribution in [0.4, 0.5) is 5.82 Å². The molecule has 7 rings (SSSR count). The van der Waals surface area contributed by atoms with Crippen molar-refractivity contribution in [1.29, 1.82) is 0 Å². The van der Waals surface area contributed by atoms with E-state index in [-0.39, 0.29) is 35.5 Å². The number of imidazole rings is 1. The van der Waals surface area contributed by atoms with E-state index in [1.807, 2.05) is 29.7 Å². The normalized spacial score (nSPS) is 32.3. The summed E-state index contributed by atoms with van der Waals surface area (Å²) in [5.41, 5.74) is 7.71. The van der Waals surface area contributed by atoms with Crippen LogP contribution in [0.2, 0.25) is 0 Å². The lowest BCUT2D eigenvalue weighted by molar-refractivity contribution is -0.207. The molecule has 0 radical (unpaired) electrons. The number of rotatable bonds is 8. The molecule has 264 valence electrons. The van der Waals surface area contributed by atoms with E-state index >= 15 is 0 Å². The molecule has 8 atom stereocenters. The molecule has 3 heterocycles.